The first-order valence-electron chi connectivity index (χ1n) is 4.99. The Morgan fingerprint density at radius 1 is 1.07 bits per heavy atom. The molecule has 0 heterocycles. The van der Waals surface area contributed by atoms with Crippen molar-refractivity contribution < 1.29 is 0 Å². The van der Waals surface area contributed by atoms with E-state index in [9.17, 15) is 0 Å². The van der Waals surface area contributed by atoms with Gasteiger partial charge in [0.15, 0.2) is 0 Å². The molecule has 2 nitrogen and oxygen atoms in total. The van der Waals surface area contributed by atoms with Crippen molar-refractivity contribution in [2.75, 3.05) is 19.6 Å². The molecule has 0 unspecified atom stereocenters. The molecule has 0 radical (unpaired) electrons. The Labute approximate surface area is 86.0 Å². The summed E-state index contributed by atoms with van der Waals surface area (Å²) in [5, 5.41) is 6.60. The smallest absolute Gasteiger partial charge is 0.0206 e. The minimum atomic E-state index is 0.882. The van der Waals surface area contributed by atoms with Crippen LogP contribution in [0.3, 0.4) is 0 Å². The number of rotatable bonds is 7. The van der Waals surface area contributed by atoms with Gasteiger partial charge in [-0.1, -0.05) is 36.4 Å². The second-order valence-corrected chi connectivity index (χ2v) is 3.16. The summed E-state index contributed by atoms with van der Waals surface area (Å²) in [6.07, 6.45) is 1.87. The first-order chi connectivity index (χ1) is 6.93. The Balaban J connectivity index is 2.02. The van der Waals surface area contributed by atoms with E-state index in [1.54, 1.807) is 0 Å². The lowest BCUT2D eigenvalue weighted by Gasteiger charge is -2.04. The van der Waals surface area contributed by atoms with Crippen LogP contribution in [0.15, 0.2) is 43.0 Å². The highest BCUT2D eigenvalue weighted by atomic mass is 14.9. The van der Waals surface area contributed by atoms with Crippen LogP contribution in [0.5, 0.6) is 0 Å². The van der Waals surface area contributed by atoms with E-state index in [0.29, 0.717) is 0 Å². The molecule has 2 heteroatoms. The zero-order chi connectivity index (χ0) is 10.1. The molecule has 1 aromatic carbocycles. The third-order valence-electron chi connectivity index (χ3n) is 1.94. The summed E-state index contributed by atoms with van der Waals surface area (Å²) >= 11 is 0. The van der Waals surface area contributed by atoms with E-state index in [-0.39, 0.29) is 0 Å². The van der Waals surface area contributed by atoms with Gasteiger partial charge in [-0.2, -0.15) is 0 Å². The molecular weight excluding hydrogens is 172 g/mol. The fourth-order valence-corrected chi connectivity index (χ4v) is 1.21. The topological polar surface area (TPSA) is 24.1 Å². The molecule has 14 heavy (non-hydrogen) atoms. The molecule has 0 aliphatic rings. The zero-order valence-corrected chi connectivity index (χ0v) is 8.50. The Morgan fingerprint density at radius 2 is 1.79 bits per heavy atom. The monoisotopic (exact) mass is 190 g/mol. The van der Waals surface area contributed by atoms with Crippen LogP contribution < -0.4 is 10.6 Å². The van der Waals surface area contributed by atoms with Gasteiger partial charge in [-0.15, -0.1) is 6.58 Å². The minimum absolute atomic E-state index is 0.882. The van der Waals surface area contributed by atoms with Gasteiger partial charge >= 0.3 is 0 Å². The predicted molar refractivity (Wildman–Crippen MR) is 61.2 cm³/mol. The van der Waals surface area contributed by atoms with Gasteiger partial charge in [0, 0.05) is 26.2 Å². The first-order valence-corrected chi connectivity index (χ1v) is 4.99. The van der Waals surface area contributed by atoms with Crippen LogP contribution in [0.25, 0.3) is 0 Å². The van der Waals surface area contributed by atoms with Gasteiger partial charge in [0.05, 0.1) is 0 Å². The van der Waals surface area contributed by atoms with Gasteiger partial charge in [-0.3, -0.25) is 0 Å². The summed E-state index contributed by atoms with van der Waals surface area (Å²) in [5.74, 6) is 0. The molecule has 1 rings (SSSR count). The average molecular weight is 190 g/mol. The van der Waals surface area contributed by atoms with E-state index in [4.69, 9.17) is 0 Å². The summed E-state index contributed by atoms with van der Waals surface area (Å²) in [5.41, 5.74) is 1.33. The molecule has 0 aromatic heterocycles. The fourth-order valence-electron chi connectivity index (χ4n) is 1.21. The SMILES string of the molecule is C=CCNCCNCc1ccccc1. The molecular formula is C12H18N2. The third kappa shape index (κ3) is 4.80. The largest absolute Gasteiger partial charge is 0.312 e. The normalized spacial score (nSPS) is 10.0. The van der Waals surface area contributed by atoms with Gasteiger partial charge in [-0.25, -0.2) is 0 Å². The van der Waals surface area contributed by atoms with E-state index in [1.165, 1.54) is 5.56 Å². The number of hydrogen-bond acceptors (Lipinski definition) is 2. The first kappa shape index (κ1) is 11.0. The lowest BCUT2D eigenvalue weighted by Crippen LogP contribution is -2.26. The molecule has 0 aliphatic carbocycles. The van der Waals surface area contributed by atoms with Crippen molar-refractivity contribution >= 4 is 0 Å². The highest BCUT2D eigenvalue weighted by Crippen LogP contribution is 1.96. The van der Waals surface area contributed by atoms with Gasteiger partial charge in [0.2, 0.25) is 0 Å². The second-order valence-electron chi connectivity index (χ2n) is 3.16. The fraction of sp³-hybridized carbons (Fsp3) is 0.333. The number of benzene rings is 1. The molecule has 0 saturated carbocycles. The summed E-state index contributed by atoms with van der Waals surface area (Å²) in [6, 6.07) is 10.4. The lowest BCUT2D eigenvalue weighted by atomic mass is 10.2. The van der Waals surface area contributed by atoms with E-state index < -0.39 is 0 Å². The van der Waals surface area contributed by atoms with Crippen LogP contribution in [0.4, 0.5) is 0 Å². The van der Waals surface area contributed by atoms with Crippen LogP contribution in [-0.2, 0) is 6.54 Å². The second kappa shape index (κ2) is 7.30. The number of hydrogen-bond donors (Lipinski definition) is 2. The van der Waals surface area contributed by atoms with Gasteiger partial charge < -0.3 is 10.6 Å². The van der Waals surface area contributed by atoms with Gasteiger partial charge in [0.25, 0.3) is 0 Å². The maximum Gasteiger partial charge on any atom is 0.0206 e. The Hall–Kier alpha value is -1.12. The Morgan fingerprint density at radius 3 is 2.50 bits per heavy atom. The van der Waals surface area contributed by atoms with Gasteiger partial charge in [0.1, 0.15) is 0 Å². The Bertz CT molecular complexity index is 244. The lowest BCUT2D eigenvalue weighted by molar-refractivity contribution is 0.635. The summed E-state index contributed by atoms with van der Waals surface area (Å²) in [7, 11) is 0. The molecule has 0 fully saturated rings. The third-order valence-corrected chi connectivity index (χ3v) is 1.94. The maximum atomic E-state index is 3.64. The number of nitrogens with one attached hydrogen (secondary N) is 2. The summed E-state index contributed by atoms with van der Waals surface area (Å²) < 4.78 is 0. The van der Waals surface area contributed by atoms with Crippen molar-refractivity contribution in [3.05, 3.63) is 48.6 Å². The molecule has 76 valence electrons. The zero-order valence-electron chi connectivity index (χ0n) is 8.50. The minimum Gasteiger partial charge on any atom is -0.312 e. The van der Waals surface area contributed by atoms with Crippen LogP contribution in [0.1, 0.15) is 5.56 Å². The maximum absolute atomic E-state index is 3.64. The molecule has 2 N–H and O–H groups in total. The highest BCUT2D eigenvalue weighted by Gasteiger charge is 1.89. The summed E-state index contributed by atoms with van der Waals surface area (Å²) in [6.45, 7) is 7.44. The van der Waals surface area contributed by atoms with E-state index in [2.05, 4.69) is 41.5 Å². The van der Waals surface area contributed by atoms with Crippen LogP contribution in [0.2, 0.25) is 0 Å². The van der Waals surface area contributed by atoms with Crippen molar-refractivity contribution in [3.8, 4) is 0 Å². The molecule has 0 aliphatic heterocycles. The van der Waals surface area contributed by atoms with Crippen LogP contribution >= 0.6 is 0 Å². The standard InChI is InChI=1S/C12H18N2/c1-2-8-13-9-10-14-11-12-6-4-3-5-7-12/h2-7,13-14H,1,8-11H2. The Kier molecular flexibility index (Phi) is 5.71. The molecule has 0 saturated heterocycles. The molecule has 0 amide bonds. The summed E-state index contributed by atoms with van der Waals surface area (Å²) in [4.78, 5) is 0. The molecule has 1 aromatic rings. The molecule has 0 atom stereocenters. The quantitative estimate of drug-likeness (QED) is 0.503. The highest BCUT2D eigenvalue weighted by molar-refractivity contribution is 5.14. The molecule has 0 bridgehead atoms. The average Bonchev–Trinajstić information content (AvgIpc) is 2.25. The van der Waals surface area contributed by atoms with E-state index in [0.717, 1.165) is 26.2 Å². The van der Waals surface area contributed by atoms with Crippen LogP contribution in [0, 0.1) is 0 Å². The van der Waals surface area contributed by atoms with Crippen molar-refractivity contribution in [1.29, 1.82) is 0 Å². The van der Waals surface area contributed by atoms with Crippen molar-refractivity contribution in [3.63, 3.8) is 0 Å². The predicted octanol–water partition coefficient (Wildman–Crippen LogP) is 1.55. The van der Waals surface area contributed by atoms with Crippen molar-refractivity contribution in [2.45, 2.75) is 6.54 Å². The van der Waals surface area contributed by atoms with E-state index >= 15 is 0 Å². The van der Waals surface area contributed by atoms with Crippen molar-refractivity contribution in [1.82, 2.24) is 10.6 Å². The van der Waals surface area contributed by atoms with E-state index in [1.807, 2.05) is 12.1 Å². The van der Waals surface area contributed by atoms with Crippen molar-refractivity contribution in [2.24, 2.45) is 0 Å². The molecule has 0 spiro atoms. The van der Waals surface area contributed by atoms with Crippen LogP contribution in [-0.4, -0.2) is 19.6 Å². The van der Waals surface area contributed by atoms with Gasteiger partial charge in [-0.05, 0) is 5.56 Å².